The summed E-state index contributed by atoms with van der Waals surface area (Å²) in [6.45, 7) is 3.59. The molecule has 0 saturated heterocycles. The largest absolute Gasteiger partial charge is 0.495 e. The highest BCUT2D eigenvalue weighted by atomic mass is 35.5. The standard InChI is InChI=1S/C19H15Cl3N2O3/c1-9-4-5-11(20)7-14(9)24-18(25)16(22)17(19(24)26)23-13-6-10(2)12(21)8-15(13)27-3/h4-8,23H,1-3H3. The van der Waals surface area contributed by atoms with Gasteiger partial charge in [0.2, 0.25) is 0 Å². The van der Waals surface area contributed by atoms with E-state index in [2.05, 4.69) is 5.32 Å². The van der Waals surface area contributed by atoms with E-state index in [4.69, 9.17) is 39.5 Å². The number of hydrogen-bond acceptors (Lipinski definition) is 4. The molecule has 140 valence electrons. The van der Waals surface area contributed by atoms with Gasteiger partial charge in [-0.2, -0.15) is 0 Å². The van der Waals surface area contributed by atoms with Crippen molar-refractivity contribution in [1.29, 1.82) is 0 Å². The van der Waals surface area contributed by atoms with Crippen LogP contribution in [0.1, 0.15) is 11.1 Å². The van der Waals surface area contributed by atoms with Crippen molar-refractivity contribution in [2.75, 3.05) is 17.3 Å². The van der Waals surface area contributed by atoms with Crippen molar-refractivity contribution < 1.29 is 14.3 Å². The van der Waals surface area contributed by atoms with E-state index >= 15 is 0 Å². The SMILES string of the molecule is COc1cc(Cl)c(C)cc1NC1=C(Cl)C(=O)N(c2cc(Cl)ccc2C)C1=O. The highest BCUT2D eigenvalue weighted by Gasteiger charge is 2.40. The van der Waals surface area contributed by atoms with Crippen LogP contribution in [0, 0.1) is 13.8 Å². The summed E-state index contributed by atoms with van der Waals surface area (Å²) in [5.74, 6) is -0.788. The Morgan fingerprint density at radius 2 is 1.67 bits per heavy atom. The Labute approximate surface area is 171 Å². The van der Waals surface area contributed by atoms with Gasteiger partial charge in [0.25, 0.3) is 11.8 Å². The molecule has 1 aliphatic heterocycles. The van der Waals surface area contributed by atoms with Gasteiger partial charge in [-0.3, -0.25) is 9.59 Å². The average molecular weight is 426 g/mol. The number of aryl methyl sites for hydroxylation is 2. The predicted octanol–water partition coefficient (Wildman–Crippen LogP) is 5.05. The summed E-state index contributed by atoms with van der Waals surface area (Å²) in [6, 6.07) is 8.29. The Hall–Kier alpha value is -2.21. The monoisotopic (exact) mass is 424 g/mol. The smallest absolute Gasteiger partial charge is 0.283 e. The van der Waals surface area contributed by atoms with Gasteiger partial charge in [-0.1, -0.05) is 40.9 Å². The van der Waals surface area contributed by atoms with Gasteiger partial charge in [0.1, 0.15) is 16.5 Å². The van der Waals surface area contributed by atoms with Gasteiger partial charge in [-0.15, -0.1) is 0 Å². The number of carbonyl (C=O) groups is 2. The lowest BCUT2D eigenvalue weighted by atomic mass is 10.2. The van der Waals surface area contributed by atoms with Crippen LogP contribution in [-0.2, 0) is 9.59 Å². The van der Waals surface area contributed by atoms with Gasteiger partial charge < -0.3 is 10.1 Å². The van der Waals surface area contributed by atoms with Crippen LogP contribution in [0.5, 0.6) is 5.75 Å². The van der Waals surface area contributed by atoms with Crippen LogP contribution in [0.2, 0.25) is 10.0 Å². The lowest BCUT2D eigenvalue weighted by Crippen LogP contribution is -2.32. The second-order valence-corrected chi connectivity index (χ2v) is 7.21. The third-order valence-electron chi connectivity index (χ3n) is 4.18. The van der Waals surface area contributed by atoms with Gasteiger partial charge in [-0.05, 0) is 43.2 Å². The van der Waals surface area contributed by atoms with Crippen LogP contribution in [-0.4, -0.2) is 18.9 Å². The molecule has 1 heterocycles. The Morgan fingerprint density at radius 1 is 0.963 bits per heavy atom. The molecule has 0 aromatic heterocycles. The minimum absolute atomic E-state index is 0.0407. The van der Waals surface area contributed by atoms with Crippen LogP contribution in [0.4, 0.5) is 11.4 Å². The number of halogens is 3. The summed E-state index contributed by atoms with van der Waals surface area (Å²) in [7, 11) is 1.48. The van der Waals surface area contributed by atoms with Crippen LogP contribution in [0.3, 0.4) is 0 Å². The number of hydrogen-bond donors (Lipinski definition) is 1. The zero-order chi connectivity index (χ0) is 19.9. The maximum atomic E-state index is 12.9. The molecule has 8 heteroatoms. The second kappa shape index (κ2) is 7.43. The van der Waals surface area contributed by atoms with E-state index in [1.807, 2.05) is 6.92 Å². The maximum Gasteiger partial charge on any atom is 0.283 e. The molecule has 0 bridgehead atoms. The molecule has 0 radical (unpaired) electrons. The first-order valence-corrected chi connectivity index (χ1v) is 9.04. The molecular formula is C19H15Cl3N2O3. The number of anilines is 2. The highest BCUT2D eigenvalue weighted by Crippen LogP contribution is 2.36. The van der Waals surface area contributed by atoms with E-state index in [0.29, 0.717) is 32.7 Å². The first kappa shape index (κ1) is 19.5. The van der Waals surface area contributed by atoms with E-state index in [-0.39, 0.29) is 10.7 Å². The fourth-order valence-corrected chi connectivity index (χ4v) is 3.25. The molecule has 2 aromatic carbocycles. The Kier molecular flexibility index (Phi) is 5.38. The van der Waals surface area contributed by atoms with Gasteiger partial charge in [0.05, 0.1) is 18.5 Å². The predicted molar refractivity (Wildman–Crippen MR) is 108 cm³/mol. The average Bonchev–Trinajstić information content (AvgIpc) is 2.83. The minimum atomic E-state index is -0.626. The third-order valence-corrected chi connectivity index (χ3v) is 5.17. The Bertz CT molecular complexity index is 1000. The lowest BCUT2D eigenvalue weighted by molar-refractivity contribution is -0.120. The van der Waals surface area contributed by atoms with Crippen molar-refractivity contribution in [3.8, 4) is 5.75 Å². The van der Waals surface area contributed by atoms with Crippen LogP contribution < -0.4 is 15.0 Å². The first-order valence-electron chi connectivity index (χ1n) is 7.90. The van der Waals surface area contributed by atoms with Crippen molar-refractivity contribution in [3.05, 3.63) is 62.2 Å². The molecule has 2 amide bonds. The van der Waals surface area contributed by atoms with Crippen LogP contribution >= 0.6 is 34.8 Å². The summed E-state index contributed by atoms with van der Waals surface area (Å²) >= 11 is 18.3. The summed E-state index contributed by atoms with van der Waals surface area (Å²) in [6.07, 6.45) is 0. The number of carbonyl (C=O) groups excluding carboxylic acids is 2. The molecule has 0 atom stereocenters. The molecule has 0 aliphatic carbocycles. The topological polar surface area (TPSA) is 58.6 Å². The molecule has 1 aliphatic rings. The number of rotatable bonds is 4. The number of imide groups is 1. The summed E-state index contributed by atoms with van der Waals surface area (Å²) in [4.78, 5) is 26.6. The molecule has 0 fully saturated rings. The van der Waals surface area contributed by atoms with Gasteiger partial charge >= 0.3 is 0 Å². The first-order chi connectivity index (χ1) is 12.7. The molecule has 27 heavy (non-hydrogen) atoms. The molecular weight excluding hydrogens is 411 g/mol. The van der Waals surface area contributed by atoms with Crippen molar-refractivity contribution in [1.82, 2.24) is 0 Å². The quantitative estimate of drug-likeness (QED) is 0.696. The highest BCUT2D eigenvalue weighted by molar-refractivity contribution is 6.53. The molecule has 1 N–H and O–H groups in total. The second-order valence-electron chi connectivity index (χ2n) is 5.99. The normalized spacial score (nSPS) is 14.2. The van der Waals surface area contributed by atoms with E-state index in [1.165, 1.54) is 7.11 Å². The summed E-state index contributed by atoms with van der Waals surface area (Å²) in [5, 5.41) is 3.62. The van der Waals surface area contributed by atoms with Gasteiger partial charge in [0, 0.05) is 16.1 Å². The number of methoxy groups -OCH3 is 1. The van der Waals surface area contributed by atoms with E-state index in [1.54, 1.807) is 37.3 Å². The molecule has 0 unspecified atom stereocenters. The van der Waals surface area contributed by atoms with Crippen LogP contribution in [0.25, 0.3) is 0 Å². The van der Waals surface area contributed by atoms with Crippen molar-refractivity contribution >= 4 is 58.0 Å². The minimum Gasteiger partial charge on any atom is -0.495 e. The fraction of sp³-hybridized carbons (Fsp3) is 0.158. The van der Waals surface area contributed by atoms with Crippen molar-refractivity contribution in [2.24, 2.45) is 0 Å². The summed E-state index contributed by atoms with van der Waals surface area (Å²) < 4.78 is 5.30. The van der Waals surface area contributed by atoms with E-state index in [9.17, 15) is 9.59 Å². The molecule has 0 spiro atoms. The Balaban J connectivity index is 2.01. The molecule has 3 rings (SSSR count). The third kappa shape index (κ3) is 3.50. The number of ether oxygens (including phenoxy) is 1. The number of nitrogens with one attached hydrogen (secondary N) is 1. The fourth-order valence-electron chi connectivity index (χ4n) is 2.72. The zero-order valence-electron chi connectivity index (χ0n) is 14.7. The Morgan fingerprint density at radius 3 is 2.33 bits per heavy atom. The number of amides is 2. The zero-order valence-corrected chi connectivity index (χ0v) is 17.0. The lowest BCUT2D eigenvalue weighted by Gasteiger charge is -2.18. The summed E-state index contributed by atoms with van der Waals surface area (Å²) in [5.41, 5.74) is 2.30. The molecule has 0 saturated carbocycles. The van der Waals surface area contributed by atoms with E-state index in [0.717, 1.165) is 10.5 Å². The van der Waals surface area contributed by atoms with Gasteiger partial charge in [0.15, 0.2) is 0 Å². The van der Waals surface area contributed by atoms with Crippen molar-refractivity contribution in [2.45, 2.75) is 13.8 Å². The number of nitrogens with zero attached hydrogens (tertiary/aromatic N) is 1. The molecule has 2 aromatic rings. The molecule has 5 nitrogen and oxygen atoms in total. The van der Waals surface area contributed by atoms with Crippen LogP contribution in [0.15, 0.2) is 41.1 Å². The maximum absolute atomic E-state index is 12.9. The van der Waals surface area contributed by atoms with Gasteiger partial charge in [-0.25, -0.2) is 4.90 Å². The van der Waals surface area contributed by atoms with E-state index < -0.39 is 11.8 Å². The van der Waals surface area contributed by atoms with Crippen molar-refractivity contribution in [3.63, 3.8) is 0 Å². The number of benzene rings is 2.